The molecule has 9 nitrogen and oxygen atoms in total. The molecule has 50 heavy (non-hydrogen) atoms. The topological polar surface area (TPSA) is 107 Å². The van der Waals surface area contributed by atoms with Crippen molar-refractivity contribution in [3.63, 3.8) is 0 Å². The number of aromatic nitrogens is 3. The third kappa shape index (κ3) is 14.1. The first-order valence-corrected chi connectivity index (χ1v) is 17.4. The summed E-state index contributed by atoms with van der Waals surface area (Å²) in [4.78, 5) is 26.1. The van der Waals surface area contributed by atoms with E-state index in [4.69, 9.17) is 4.74 Å². The molecule has 4 aromatic rings. The summed E-state index contributed by atoms with van der Waals surface area (Å²) in [6.07, 6.45) is 5.19. The summed E-state index contributed by atoms with van der Waals surface area (Å²) >= 11 is 0. The number of piperazine rings is 1. The van der Waals surface area contributed by atoms with Gasteiger partial charge in [0.25, 0.3) is 5.91 Å². The SMILES string of the molecule is C/C=C/C.CC.CC.CC.CC.CF.CNC(=O)c1c(Nc2ccc(N3CCNCC3)cc2)ncnc1Oc1cc(F)c2[nH]c(C)cc2c1F. The summed E-state index contributed by atoms with van der Waals surface area (Å²) in [7, 11) is 1.94. The van der Waals surface area contributed by atoms with Crippen molar-refractivity contribution < 1.29 is 22.7 Å². The monoisotopic (exact) mass is 703 g/mol. The summed E-state index contributed by atoms with van der Waals surface area (Å²) in [6, 6.07) is 10.1. The molecule has 2 aromatic carbocycles. The van der Waals surface area contributed by atoms with Crippen molar-refractivity contribution in [1.82, 2.24) is 25.6 Å². The van der Waals surface area contributed by atoms with Crippen LogP contribution in [0.4, 0.5) is 30.4 Å². The molecule has 4 N–H and O–H groups in total. The van der Waals surface area contributed by atoms with Crippen molar-refractivity contribution in [3.05, 3.63) is 77.8 Å². The van der Waals surface area contributed by atoms with Crippen LogP contribution in [0.2, 0.25) is 0 Å². The van der Waals surface area contributed by atoms with E-state index < -0.39 is 23.3 Å². The van der Waals surface area contributed by atoms with Crippen LogP contribution in [0.15, 0.2) is 54.9 Å². The minimum Gasteiger partial charge on any atom is -0.435 e. The van der Waals surface area contributed by atoms with Gasteiger partial charge in [0.05, 0.1) is 12.7 Å². The summed E-state index contributed by atoms with van der Waals surface area (Å²) in [5.74, 6) is -2.45. The highest BCUT2D eigenvalue weighted by molar-refractivity contribution is 6.01. The normalized spacial score (nSPS) is 11.2. The predicted octanol–water partition coefficient (Wildman–Crippen LogP) is 10.1. The number of carbonyl (C=O) groups excluding carboxylic acids is 1. The second-order valence-electron chi connectivity index (χ2n) is 9.07. The quantitative estimate of drug-likeness (QED) is 0.148. The molecule has 0 radical (unpaired) electrons. The van der Waals surface area contributed by atoms with Crippen molar-refractivity contribution >= 4 is 34.0 Å². The molecule has 1 saturated heterocycles. The Bertz CT molecular complexity index is 1500. The number of aryl methyl sites for hydroxylation is 1. The Morgan fingerprint density at radius 2 is 1.46 bits per heavy atom. The summed E-state index contributed by atoms with van der Waals surface area (Å²) in [5.41, 5.74) is 2.37. The zero-order valence-electron chi connectivity index (χ0n) is 32.3. The number of halogens is 3. The number of allylic oxidation sites excluding steroid dienone is 2. The lowest BCUT2D eigenvalue weighted by molar-refractivity contribution is 0.0960. The molecule has 1 aliphatic heterocycles. The van der Waals surface area contributed by atoms with E-state index in [1.54, 1.807) is 6.92 Å². The number of hydrogen-bond donors (Lipinski definition) is 4. The molecule has 0 atom stereocenters. The lowest BCUT2D eigenvalue weighted by Gasteiger charge is -2.29. The Morgan fingerprint density at radius 3 is 1.98 bits per heavy atom. The van der Waals surface area contributed by atoms with Crippen LogP contribution in [-0.2, 0) is 0 Å². The van der Waals surface area contributed by atoms with Crippen molar-refractivity contribution in [2.45, 2.75) is 76.2 Å². The highest BCUT2D eigenvalue weighted by atomic mass is 19.1. The van der Waals surface area contributed by atoms with Crippen molar-refractivity contribution in [2.24, 2.45) is 0 Å². The molecule has 1 amide bonds. The molecule has 0 saturated carbocycles. The lowest BCUT2D eigenvalue weighted by atomic mass is 10.2. The molecule has 12 heteroatoms. The highest BCUT2D eigenvalue weighted by Crippen LogP contribution is 2.35. The molecule has 1 fully saturated rings. The Morgan fingerprint density at radius 1 is 0.900 bits per heavy atom. The fourth-order valence-corrected chi connectivity index (χ4v) is 4.20. The smallest absolute Gasteiger partial charge is 0.260 e. The van der Waals surface area contributed by atoms with Crippen molar-refractivity contribution in [2.75, 3.05) is 50.6 Å². The van der Waals surface area contributed by atoms with Crippen LogP contribution in [0, 0.1) is 18.6 Å². The number of nitrogens with one attached hydrogen (secondary N) is 4. The maximum Gasteiger partial charge on any atom is 0.260 e. The maximum atomic E-state index is 15.1. The van der Waals surface area contributed by atoms with E-state index >= 15 is 4.39 Å². The van der Waals surface area contributed by atoms with Crippen LogP contribution in [0.3, 0.4) is 0 Å². The fraction of sp³-hybridized carbons (Fsp3) is 0.447. The summed E-state index contributed by atoms with van der Waals surface area (Å²) in [5, 5.41) is 9.00. The number of alkyl halides is 1. The van der Waals surface area contributed by atoms with E-state index in [1.165, 1.54) is 19.4 Å². The van der Waals surface area contributed by atoms with Gasteiger partial charge in [-0.3, -0.25) is 9.18 Å². The average Bonchev–Trinajstić information content (AvgIpc) is 3.60. The molecule has 280 valence electrons. The lowest BCUT2D eigenvalue weighted by Crippen LogP contribution is -2.43. The van der Waals surface area contributed by atoms with E-state index in [0.29, 0.717) is 18.6 Å². The number of nitrogens with zero attached hydrogens (tertiary/aromatic N) is 3. The van der Waals surface area contributed by atoms with Crippen LogP contribution < -0.4 is 25.6 Å². The third-order valence-corrected chi connectivity index (χ3v) is 6.32. The number of ether oxygens (including phenoxy) is 1. The van der Waals surface area contributed by atoms with E-state index in [2.05, 4.69) is 35.8 Å². The number of amides is 1. The van der Waals surface area contributed by atoms with Crippen LogP contribution in [-0.4, -0.2) is 61.3 Å². The third-order valence-electron chi connectivity index (χ3n) is 6.32. The Hall–Kier alpha value is -4.58. The van der Waals surface area contributed by atoms with Crippen molar-refractivity contribution in [3.8, 4) is 11.6 Å². The zero-order chi connectivity index (χ0) is 38.6. The number of carbonyl (C=O) groups is 1. The van der Waals surface area contributed by atoms with Gasteiger partial charge >= 0.3 is 0 Å². The number of H-pyrrole nitrogens is 1. The summed E-state index contributed by atoms with van der Waals surface area (Å²) in [6.45, 7) is 25.4. The molecular formula is C38H60F3N7O2. The largest absolute Gasteiger partial charge is 0.435 e. The van der Waals surface area contributed by atoms with Crippen LogP contribution >= 0.6 is 0 Å². The van der Waals surface area contributed by atoms with Gasteiger partial charge in [0.1, 0.15) is 11.9 Å². The molecule has 0 bridgehead atoms. The average molecular weight is 704 g/mol. The van der Waals surface area contributed by atoms with Crippen LogP contribution in [0.1, 0.15) is 85.3 Å². The van der Waals surface area contributed by atoms with Crippen molar-refractivity contribution in [1.29, 1.82) is 0 Å². The van der Waals surface area contributed by atoms with Gasteiger partial charge in [-0.2, -0.15) is 0 Å². The van der Waals surface area contributed by atoms with Crippen LogP contribution in [0.25, 0.3) is 10.9 Å². The van der Waals surface area contributed by atoms with E-state index in [0.717, 1.165) is 37.9 Å². The minimum absolute atomic E-state index is 0.0400. The standard InChI is InChI=1S/C25H25F2N7O2.C4H8.4C2H6.CH3F/c1-14-11-17-21(27)19(12-18(26)22(17)32-14)36-25-20(24(35)28-2)23(30-13-31-25)33-15-3-5-16(6-4-15)34-9-7-29-8-10-34;1-3-4-2;5*1-2/h3-6,11-13,29,32H,7-10H2,1-2H3,(H,28,35)(H,30,31,33);3-4H,1-2H3;4*1-2H3;1H3/b;4-3+;;;;;. The van der Waals surface area contributed by atoms with Gasteiger partial charge in [-0.05, 0) is 51.1 Å². The van der Waals surface area contributed by atoms with E-state index in [1.807, 2.05) is 106 Å². The van der Waals surface area contributed by atoms with E-state index in [-0.39, 0.29) is 28.2 Å². The maximum absolute atomic E-state index is 15.1. The van der Waals surface area contributed by atoms with Gasteiger partial charge in [-0.1, -0.05) is 67.5 Å². The Balaban J connectivity index is 0. The number of benzene rings is 2. The Kier molecular flexibility index (Phi) is 26.9. The fourth-order valence-electron chi connectivity index (χ4n) is 4.20. The van der Waals surface area contributed by atoms with Gasteiger partial charge in [0, 0.05) is 61.7 Å². The first-order valence-electron chi connectivity index (χ1n) is 17.4. The number of rotatable bonds is 6. The molecular weight excluding hydrogens is 643 g/mol. The predicted molar refractivity (Wildman–Crippen MR) is 206 cm³/mol. The molecule has 0 unspecified atom stereocenters. The van der Waals surface area contributed by atoms with Gasteiger partial charge in [0.2, 0.25) is 5.88 Å². The van der Waals surface area contributed by atoms with Gasteiger partial charge < -0.3 is 30.6 Å². The molecule has 0 aliphatic carbocycles. The first kappa shape index (κ1) is 47.5. The highest BCUT2D eigenvalue weighted by Gasteiger charge is 2.23. The zero-order valence-corrected chi connectivity index (χ0v) is 32.3. The number of hydrogen-bond acceptors (Lipinski definition) is 7. The Labute approximate surface area is 298 Å². The van der Waals surface area contributed by atoms with Gasteiger partial charge in [-0.25, -0.2) is 18.7 Å². The summed E-state index contributed by atoms with van der Waals surface area (Å²) < 4.78 is 44.9. The second-order valence-corrected chi connectivity index (χ2v) is 9.07. The molecule has 2 aromatic heterocycles. The minimum atomic E-state index is -0.768. The molecule has 1 aliphatic rings. The van der Waals surface area contributed by atoms with Gasteiger partial charge in [-0.15, -0.1) is 0 Å². The number of anilines is 3. The van der Waals surface area contributed by atoms with Gasteiger partial charge in [0.15, 0.2) is 23.2 Å². The number of aromatic amines is 1. The van der Waals surface area contributed by atoms with E-state index in [9.17, 15) is 13.6 Å². The number of fused-ring (bicyclic) bond motifs is 1. The molecule has 0 spiro atoms. The van der Waals surface area contributed by atoms with Crippen LogP contribution in [0.5, 0.6) is 11.6 Å². The molecule has 5 rings (SSSR count). The second kappa shape index (κ2) is 28.3. The first-order chi connectivity index (χ1) is 24.4. The molecule has 3 heterocycles.